The van der Waals surface area contributed by atoms with Gasteiger partial charge in [-0.25, -0.2) is 0 Å². The van der Waals surface area contributed by atoms with Crippen LogP contribution in [0.2, 0.25) is 0 Å². The molecule has 0 aromatic carbocycles. The molecular formula is C20H31N3O4. The van der Waals surface area contributed by atoms with Crippen molar-refractivity contribution in [1.29, 1.82) is 0 Å². The van der Waals surface area contributed by atoms with Gasteiger partial charge in [0.2, 0.25) is 5.91 Å². The fourth-order valence-electron chi connectivity index (χ4n) is 4.15. The quantitative estimate of drug-likeness (QED) is 0.743. The summed E-state index contributed by atoms with van der Waals surface area (Å²) in [4.78, 5) is 30.2. The molecule has 2 fully saturated rings. The maximum Gasteiger partial charge on any atom is 0.255 e. The predicted octanol–water partition coefficient (Wildman–Crippen LogP) is 1.47. The van der Waals surface area contributed by atoms with Crippen molar-refractivity contribution in [3.8, 4) is 0 Å². The Morgan fingerprint density at radius 2 is 2.11 bits per heavy atom. The Balaban J connectivity index is 1.61. The number of aromatic amines is 1. The number of H-pyrrole nitrogens is 1. The predicted molar refractivity (Wildman–Crippen MR) is 101 cm³/mol. The third kappa shape index (κ3) is 4.52. The third-order valence-corrected chi connectivity index (χ3v) is 5.84. The molecule has 3 heterocycles. The lowest BCUT2D eigenvalue weighted by molar-refractivity contribution is -0.136. The Labute approximate surface area is 160 Å². The summed E-state index contributed by atoms with van der Waals surface area (Å²) in [6.45, 7) is 7.98. The zero-order chi connectivity index (χ0) is 19.6. The molecule has 0 bridgehead atoms. The van der Waals surface area contributed by atoms with Crippen LogP contribution in [0.1, 0.15) is 49.0 Å². The fourth-order valence-corrected chi connectivity index (χ4v) is 4.15. The van der Waals surface area contributed by atoms with Crippen molar-refractivity contribution in [2.45, 2.75) is 52.2 Å². The second kappa shape index (κ2) is 8.02. The Kier molecular flexibility index (Phi) is 5.91. The van der Waals surface area contributed by atoms with Crippen LogP contribution in [0.15, 0.2) is 12.4 Å². The van der Waals surface area contributed by atoms with Gasteiger partial charge in [0.05, 0.1) is 18.3 Å². The average Bonchev–Trinajstić information content (AvgIpc) is 2.93. The van der Waals surface area contributed by atoms with Gasteiger partial charge in [-0.05, 0) is 37.2 Å². The molecule has 3 atom stereocenters. The molecule has 27 heavy (non-hydrogen) atoms. The molecule has 150 valence electrons. The molecule has 1 aromatic rings. The molecule has 0 radical (unpaired) electrons. The summed E-state index contributed by atoms with van der Waals surface area (Å²) >= 11 is 0. The van der Waals surface area contributed by atoms with Crippen LogP contribution in [-0.4, -0.2) is 65.3 Å². The SMILES string of the molecule is Cc1c[nH]cc1C(=O)N1CC[C@H](NC(=O)C2CCOCC2(C)C)C[C@H](O)C1. The molecule has 0 spiro atoms. The number of aromatic nitrogens is 1. The second-order valence-corrected chi connectivity index (χ2v) is 8.57. The van der Waals surface area contributed by atoms with Gasteiger partial charge in [0, 0.05) is 44.0 Å². The van der Waals surface area contributed by atoms with Crippen molar-refractivity contribution >= 4 is 11.8 Å². The molecule has 1 aromatic heterocycles. The summed E-state index contributed by atoms with van der Waals surface area (Å²) in [6.07, 6.45) is 4.66. The minimum absolute atomic E-state index is 0.0294. The van der Waals surface area contributed by atoms with E-state index in [2.05, 4.69) is 24.1 Å². The van der Waals surface area contributed by atoms with E-state index in [1.165, 1.54) is 0 Å². The molecular weight excluding hydrogens is 346 g/mol. The summed E-state index contributed by atoms with van der Waals surface area (Å²) in [5.41, 5.74) is 1.33. The summed E-state index contributed by atoms with van der Waals surface area (Å²) in [5.74, 6) is -0.140. The number of aryl methyl sites for hydroxylation is 1. The molecule has 0 saturated carbocycles. The smallest absolute Gasteiger partial charge is 0.255 e. The molecule has 1 unspecified atom stereocenters. The Hall–Kier alpha value is -1.86. The summed E-state index contributed by atoms with van der Waals surface area (Å²) in [6, 6.07) is -0.128. The first kappa shape index (κ1) is 19.9. The first-order valence-electron chi connectivity index (χ1n) is 9.77. The number of likely N-dealkylation sites (tertiary alicyclic amines) is 1. The largest absolute Gasteiger partial charge is 0.391 e. The van der Waals surface area contributed by atoms with Crippen molar-refractivity contribution in [3.63, 3.8) is 0 Å². The van der Waals surface area contributed by atoms with E-state index in [0.717, 1.165) is 5.56 Å². The van der Waals surface area contributed by atoms with Crippen LogP contribution in [-0.2, 0) is 9.53 Å². The van der Waals surface area contributed by atoms with E-state index in [0.29, 0.717) is 51.1 Å². The number of hydrogen-bond donors (Lipinski definition) is 3. The lowest BCUT2D eigenvalue weighted by atomic mass is 9.75. The Bertz CT molecular complexity index is 685. The van der Waals surface area contributed by atoms with Gasteiger partial charge in [0.1, 0.15) is 0 Å². The summed E-state index contributed by atoms with van der Waals surface area (Å²) in [5, 5.41) is 13.5. The topological polar surface area (TPSA) is 94.7 Å². The van der Waals surface area contributed by atoms with Crippen LogP contribution >= 0.6 is 0 Å². The Morgan fingerprint density at radius 3 is 2.78 bits per heavy atom. The van der Waals surface area contributed by atoms with Gasteiger partial charge in [-0.1, -0.05) is 13.8 Å². The highest BCUT2D eigenvalue weighted by molar-refractivity contribution is 5.95. The van der Waals surface area contributed by atoms with Crippen LogP contribution in [0.4, 0.5) is 0 Å². The van der Waals surface area contributed by atoms with Crippen LogP contribution < -0.4 is 5.32 Å². The number of carbonyl (C=O) groups excluding carboxylic acids is 2. The van der Waals surface area contributed by atoms with E-state index in [-0.39, 0.29) is 29.2 Å². The highest BCUT2D eigenvalue weighted by Crippen LogP contribution is 2.34. The lowest BCUT2D eigenvalue weighted by Crippen LogP contribution is -2.48. The molecule has 0 aliphatic carbocycles. The minimum atomic E-state index is -0.649. The van der Waals surface area contributed by atoms with Gasteiger partial charge in [0.15, 0.2) is 0 Å². The molecule has 2 aliphatic rings. The highest BCUT2D eigenvalue weighted by Gasteiger charge is 2.39. The molecule has 2 aliphatic heterocycles. The van der Waals surface area contributed by atoms with Crippen molar-refractivity contribution in [3.05, 3.63) is 23.5 Å². The van der Waals surface area contributed by atoms with Crippen molar-refractivity contribution in [2.24, 2.45) is 11.3 Å². The maximum absolute atomic E-state index is 12.8. The number of aliphatic hydroxyl groups excluding tert-OH is 1. The zero-order valence-corrected chi connectivity index (χ0v) is 16.5. The van der Waals surface area contributed by atoms with E-state index in [1.54, 1.807) is 17.3 Å². The number of carbonyl (C=O) groups is 2. The monoisotopic (exact) mass is 377 g/mol. The van der Waals surface area contributed by atoms with E-state index in [4.69, 9.17) is 4.74 Å². The average molecular weight is 377 g/mol. The van der Waals surface area contributed by atoms with Crippen LogP contribution in [0.5, 0.6) is 0 Å². The Morgan fingerprint density at radius 1 is 1.33 bits per heavy atom. The second-order valence-electron chi connectivity index (χ2n) is 8.57. The number of ether oxygens (including phenoxy) is 1. The van der Waals surface area contributed by atoms with Gasteiger partial charge in [-0.3, -0.25) is 9.59 Å². The van der Waals surface area contributed by atoms with Gasteiger partial charge in [-0.15, -0.1) is 0 Å². The molecule has 7 heteroatoms. The van der Waals surface area contributed by atoms with Crippen LogP contribution in [0, 0.1) is 18.3 Å². The number of amides is 2. The number of nitrogens with zero attached hydrogens (tertiary/aromatic N) is 1. The summed E-state index contributed by atoms with van der Waals surface area (Å²) in [7, 11) is 0. The number of hydrogen-bond acceptors (Lipinski definition) is 4. The van der Waals surface area contributed by atoms with Crippen molar-refractivity contribution in [2.75, 3.05) is 26.3 Å². The first-order chi connectivity index (χ1) is 12.8. The van der Waals surface area contributed by atoms with Gasteiger partial charge in [-0.2, -0.15) is 0 Å². The molecule has 7 nitrogen and oxygen atoms in total. The molecule has 3 N–H and O–H groups in total. The number of nitrogens with one attached hydrogen (secondary N) is 2. The van der Waals surface area contributed by atoms with Gasteiger partial charge < -0.3 is 25.0 Å². The lowest BCUT2D eigenvalue weighted by Gasteiger charge is -2.38. The molecule has 2 saturated heterocycles. The normalized spacial score (nSPS) is 28.4. The van der Waals surface area contributed by atoms with Crippen LogP contribution in [0.25, 0.3) is 0 Å². The van der Waals surface area contributed by atoms with E-state index in [9.17, 15) is 14.7 Å². The van der Waals surface area contributed by atoms with E-state index >= 15 is 0 Å². The van der Waals surface area contributed by atoms with Crippen molar-refractivity contribution in [1.82, 2.24) is 15.2 Å². The van der Waals surface area contributed by atoms with Gasteiger partial charge in [0.25, 0.3) is 5.91 Å². The van der Waals surface area contributed by atoms with Gasteiger partial charge >= 0.3 is 0 Å². The number of rotatable bonds is 3. The maximum atomic E-state index is 12.8. The molecule has 2 amide bonds. The standard InChI is InChI=1S/C20H31N3O4/c1-13-9-21-10-16(13)19(26)23-6-4-14(8-15(24)11-23)22-18(25)17-5-7-27-12-20(17,2)3/h9-10,14-15,17,21,24H,4-8,11-12H2,1-3H3,(H,22,25)/t14-,15-,17?/m0/s1. The van der Waals surface area contributed by atoms with E-state index in [1.807, 2.05) is 6.92 Å². The molecule has 3 rings (SSSR count). The fraction of sp³-hybridized carbons (Fsp3) is 0.700. The van der Waals surface area contributed by atoms with Crippen molar-refractivity contribution < 1.29 is 19.4 Å². The van der Waals surface area contributed by atoms with Crippen LogP contribution in [0.3, 0.4) is 0 Å². The number of aliphatic hydroxyl groups is 1. The first-order valence-corrected chi connectivity index (χ1v) is 9.77. The minimum Gasteiger partial charge on any atom is -0.391 e. The summed E-state index contributed by atoms with van der Waals surface area (Å²) < 4.78 is 5.51. The zero-order valence-electron chi connectivity index (χ0n) is 16.5. The van der Waals surface area contributed by atoms with E-state index < -0.39 is 6.10 Å². The number of β-amino-alcohol motifs (C(OH)–C–C–N with tert-alkyl or cyclic N) is 1. The highest BCUT2D eigenvalue weighted by atomic mass is 16.5. The third-order valence-electron chi connectivity index (χ3n) is 5.84.